The summed E-state index contributed by atoms with van der Waals surface area (Å²) in [5, 5.41) is 31.9. The number of hydrogen-bond acceptors (Lipinski definition) is 12. The topological polar surface area (TPSA) is 203 Å². The van der Waals surface area contributed by atoms with Crippen LogP contribution in [0.3, 0.4) is 0 Å². The lowest BCUT2D eigenvalue weighted by Crippen LogP contribution is -2.63. The van der Waals surface area contributed by atoms with E-state index < -0.39 is 57.2 Å². The molecule has 49 heavy (non-hydrogen) atoms. The van der Waals surface area contributed by atoms with Crippen LogP contribution in [0.4, 0.5) is 16.2 Å². The number of benzene rings is 2. The van der Waals surface area contributed by atoms with Gasteiger partial charge < -0.3 is 24.4 Å². The lowest BCUT2D eigenvalue weighted by Gasteiger charge is -2.46. The number of nitro groups is 2. The molecule has 2 fully saturated rings. The molecule has 3 amide bonds. The molecule has 5 unspecified atom stereocenters. The zero-order valence-electron chi connectivity index (χ0n) is 27.1. The first kappa shape index (κ1) is 35.3. The summed E-state index contributed by atoms with van der Waals surface area (Å²) in [5.74, 6) is -2.66. The van der Waals surface area contributed by atoms with Crippen molar-refractivity contribution in [1.29, 1.82) is 0 Å². The molecule has 0 radical (unpaired) electrons. The number of aliphatic hydroxyl groups excluding tert-OH is 1. The Kier molecular flexibility index (Phi) is 10.2. The molecular formula is C32H35N5O11S. The van der Waals surface area contributed by atoms with Crippen LogP contribution in [0, 0.1) is 32.1 Å². The summed E-state index contributed by atoms with van der Waals surface area (Å²) < 4.78 is 11.1. The van der Waals surface area contributed by atoms with Crippen LogP contribution in [0.2, 0.25) is 0 Å². The number of nitro benzene ring substituents is 2. The van der Waals surface area contributed by atoms with Crippen LogP contribution in [0.15, 0.2) is 59.1 Å². The summed E-state index contributed by atoms with van der Waals surface area (Å²) in [6.07, 6.45) is -1.51. The molecule has 0 saturated carbocycles. The Hall–Kier alpha value is -5.03. The maximum atomic E-state index is 13.6. The van der Waals surface area contributed by atoms with Crippen molar-refractivity contribution in [3.05, 3.63) is 90.5 Å². The Labute approximate surface area is 284 Å². The van der Waals surface area contributed by atoms with Crippen LogP contribution in [0.5, 0.6) is 0 Å². The van der Waals surface area contributed by atoms with Gasteiger partial charge in [0.2, 0.25) is 11.8 Å². The van der Waals surface area contributed by atoms with Gasteiger partial charge in [0.15, 0.2) is 0 Å². The van der Waals surface area contributed by atoms with Crippen molar-refractivity contribution in [2.75, 3.05) is 20.6 Å². The van der Waals surface area contributed by atoms with Gasteiger partial charge in [0.25, 0.3) is 11.4 Å². The Balaban J connectivity index is 1.35. The number of non-ortho nitro benzene ring substituents is 2. The van der Waals surface area contributed by atoms with E-state index >= 15 is 0 Å². The van der Waals surface area contributed by atoms with Crippen LogP contribution >= 0.6 is 11.8 Å². The number of likely N-dealkylation sites (tertiary alicyclic amines) is 1. The molecule has 6 atom stereocenters. The maximum Gasteiger partial charge on any atom is 0.410 e. The molecule has 260 valence electrons. The molecule has 2 saturated heterocycles. The summed E-state index contributed by atoms with van der Waals surface area (Å²) in [4.78, 5) is 78.8. The van der Waals surface area contributed by atoms with Crippen LogP contribution < -0.4 is 0 Å². The van der Waals surface area contributed by atoms with Crippen LogP contribution in [0.25, 0.3) is 0 Å². The highest BCUT2D eigenvalue weighted by atomic mass is 32.2. The van der Waals surface area contributed by atoms with Gasteiger partial charge in [-0.3, -0.25) is 34.7 Å². The van der Waals surface area contributed by atoms with E-state index in [1.54, 1.807) is 14.1 Å². The van der Waals surface area contributed by atoms with E-state index in [4.69, 9.17) is 9.47 Å². The number of ether oxygens (including phenoxy) is 2. The van der Waals surface area contributed by atoms with Gasteiger partial charge in [-0.25, -0.2) is 9.59 Å². The predicted octanol–water partition coefficient (Wildman–Crippen LogP) is 3.22. The molecule has 16 nitrogen and oxygen atoms in total. The number of nitrogens with zero attached hydrogens (tertiary/aromatic N) is 5. The normalized spacial score (nSPS) is 23.4. The highest BCUT2D eigenvalue weighted by Crippen LogP contribution is 2.52. The largest absolute Gasteiger partial charge is 0.456 e. The first-order valence-electron chi connectivity index (χ1n) is 15.4. The van der Waals surface area contributed by atoms with Gasteiger partial charge in [-0.2, -0.15) is 0 Å². The Morgan fingerprint density at radius 1 is 0.980 bits per heavy atom. The van der Waals surface area contributed by atoms with Crippen molar-refractivity contribution in [3.8, 4) is 0 Å². The molecule has 3 heterocycles. The third-order valence-electron chi connectivity index (χ3n) is 8.85. The van der Waals surface area contributed by atoms with E-state index in [0.717, 1.165) is 0 Å². The first-order chi connectivity index (χ1) is 23.2. The number of likely N-dealkylation sites (N-methyl/N-ethyl adjacent to an activating group) is 1. The van der Waals surface area contributed by atoms with E-state index in [-0.39, 0.29) is 55.1 Å². The number of aliphatic hydroxyl groups is 1. The van der Waals surface area contributed by atoms with E-state index in [1.165, 1.54) is 81.9 Å². The first-order valence-corrected chi connectivity index (χ1v) is 16.3. The lowest BCUT2D eigenvalue weighted by molar-refractivity contribution is -0.385. The number of esters is 1. The summed E-state index contributed by atoms with van der Waals surface area (Å²) >= 11 is 1.27. The van der Waals surface area contributed by atoms with Gasteiger partial charge in [0, 0.05) is 61.0 Å². The number of fused-ring (bicyclic) bond motifs is 1. The highest BCUT2D eigenvalue weighted by molar-refractivity contribution is 8.03. The molecule has 0 bridgehead atoms. The van der Waals surface area contributed by atoms with E-state index in [1.807, 2.05) is 6.92 Å². The number of thioether (sulfide) groups is 1. The minimum absolute atomic E-state index is 0.0287. The fourth-order valence-electron chi connectivity index (χ4n) is 6.34. The molecular weight excluding hydrogens is 662 g/mol. The zero-order valence-corrected chi connectivity index (χ0v) is 27.9. The molecule has 3 aliphatic rings. The molecule has 0 aliphatic carbocycles. The van der Waals surface area contributed by atoms with Crippen LogP contribution in [0.1, 0.15) is 31.4 Å². The highest BCUT2D eigenvalue weighted by Gasteiger charge is 2.60. The second-order valence-corrected chi connectivity index (χ2v) is 13.7. The van der Waals surface area contributed by atoms with Crippen molar-refractivity contribution >= 4 is 47.0 Å². The third kappa shape index (κ3) is 7.07. The monoisotopic (exact) mass is 697 g/mol. The second-order valence-electron chi connectivity index (χ2n) is 12.3. The number of carbonyl (C=O) groups excluding carboxylic acids is 4. The molecule has 0 aromatic heterocycles. The Morgan fingerprint density at radius 3 is 2.00 bits per heavy atom. The summed E-state index contributed by atoms with van der Waals surface area (Å²) in [5.41, 5.74) is 0.814. The minimum atomic E-state index is -0.965. The molecule has 2 aromatic carbocycles. The predicted molar refractivity (Wildman–Crippen MR) is 173 cm³/mol. The standard InChI is InChI=1S/C32H35N5O11S/c1-17-26-25(18(2)38)30(40)35(26)27(31(41)47-15-19-5-9-21(10-6-19)36(43)44)28(17)49-23-13-24(29(39)33(3)4)34(14-23)32(42)48-16-20-7-11-22(12-8-20)37(45)46/h5-12,17-18,23-26,38H,13-16H2,1-4H3/t17?,18?,23?,24?,25-,26?/m1/s1. The molecule has 5 rings (SSSR count). The summed E-state index contributed by atoms with van der Waals surface area (Å²) in [7, 11) is 3.13. The van der Waals surface area contributed by atoms with Crippen molar-refractivity contribution in [3.63, 3.8) is 0 Å². The average Bonchev–Trinajstić information content (AvgIpc) is 3.59. The van der Waals surface area contributed by atoms with Crippen LogP contribution in [-0.2, 0) is 37.1 Å². The molecule has 1 N–H and O–H groups in total. The molecule has 17 heteroatoms. The van der Waals surface area contributed by atoms with E-state index in [0.29, 0.717) is 16.0 Å². The van der Waals surface area contributed by atoms with Gasteiger partial charge in [-0.15, -0.1) is 11.8 Å². The second kappa shape index (κ2) is 14.2. The number of carbonyl (C=O) groups is 4. The fraction of sp³-hybridized carbons (Fsp3) is 0.438. The van der Waals surface area contributed by atoms with Crippen LogP contribution in [-0.4, -0.2) is 97.6 Å². The molecule has 0 spiro atoms. The number of β-lactam (4-membered cyclic amide) rings is 1. The summed E-state index contributed by atoms with van der Waals surface area (Å²) in [6, 6.07) is 9.66. The molecule has 2 aromatic rings. The van der Waals surface area contributed by atoms with Crippen molar-refractivity contribution in [2.45, 2.75) is 56.9 Å². The van der Waals surface area contributed by atoms with Gasteiger partial charge in [0.1, 0.15) is 25.0 Å². The van der Waals surface area contributed by atoms with Crippen molar-refractivity contribution in [1.82, 2.24) is 14.7 Å². The minimum Gasteiger partial charge on any atom is -0.456 e. The number of hydrogen-bond donors (Lipinski definition) is 1. The third-order valence-corrected chi connectivity index (χ3v) is 10.3. The quantitative estimate of drug-likeness (QED) is 0.156. The summed E-state index contributed by atoms with van der Waals surface area (Å²) in [6.45, 7) is 3.04. The Morgan fingerprint density at radius 2 is 1.51 bits per heavy atom. The maximum absolute atomic E-state index is 13.6. The van der Waals surface area contributed by atoms with E-state index in [9.17, 15) is 44.5 Å². The molecule has 3 aliphatic heterocycles. The smallest absolute Gasteiger partial charge is 0.410 e. The average molecular weight is 698 g/mol. The van der Waals surface area contributed by atoms with Gasteiger partial charge in [0.05, 0.1) is 27.9 Å². The number of rotatable bonds is 11. The van der Waals surface area contributed by atoms with E-state index in [2.05, 4.69) is 0 Å². The Bertz CT molecular complexity index is 1700. The van der Waals surface area contributed by atoms with Crippen molar-refractivity contribution < 1.29 is 43.6 Å². The number of amides is 3. The van der Waals surface area contributed by atoms with Gasteiger partial charge in [-0.05, 0) is 48.7 Å². The van der Waals surface area contributed by atoms with Crippen molar-refractivity contribution in [2.24, 2.45) is 11.8 Å². The SMILES string of the molecule is CC1C(SC2CC(C(=O)N(C)C)N(C(=O)OCc3ccc([N+](=O)[O-])cc3)C2)=C(C(=O)OCc2ccc([N+](=O)[O-])cc2)N2C(=O)[C@H](C(C)O)C12. The van der Waals surface area contributed by atoms with Gasteiger partial charge in [-0.1, -0.05) is 6.92 Å². The lowest BCUT2D eigenvalue weighted by atomic mass is 9.79. The fourth-order valence-corrected chi connectivity index (χ4v) is 7.86. The van der Waals surface area contributed by atoms with Gasteiger partial charge >= 0.3 is 12.1 Å². The zero-order chi connectivity index (χ0) is 35.7.